The quantitative estimate of drug-likeness (QED) is 0.519. The summed E-state index contributed by atoms with van der Waals surface area (Å²) in [7, 11) is 16.7. The van der Waals surface area contributed by atoms with E-state index in [9.17, 15) is 0 Å². The first-order valence-corrected chi connectivity index (χ1v) is 12.7. The number of benzene rings is 1. The molecule has 2 aliphatic rings. The summed E-state index contributed by atoms with van der Waals surface area (Å²) in [6.07, 6.45) is 3.93. The minimum atomic E-state index is -1.95. The van der Waals surface area contributed by atoms with Gasteiger partial charge in [0.1, 0.15) is 40.6 Å². The van der Waals surface area contributed by atoms with Crippen LogP contribution in [0.25, 0.3) is 22.4 Å². The Bertz CT molecular complexity index is 1280. The molecule has 2 atom stereocenters. The summed E-state index contributed by atoms with van der Waals surface area (Å²) >= 11 is 0. The first-order chi connectivity index (χ1) is 17.6. The molecule has 8 nitrogen and oxygen atoms in total. The van der Waals surface area contributed by atoms with Gasteiger partial charge in [0.25, 0.3) is 5.89 Å². The van der Waals surface area contributed by atoms with E-state index in [0.29, 0.717) is 40.6 Å². The zero-order valence-corrected chi connectivity index (χ0v) is 21.5. The molecule has 12 heteroatoms. The maximum atomic E-state index is 15.4. The second kappa shape index (κ2) is 10.3. The molecule has 188 valence electrons. The highest BCUT2D eigenvalue weighted by atomic mass is 19.1. The fraction of sp³-hybridized carbons (Fsp3) is 0.560. The summed E-state index contributed by atoms with van der Waals surface area (Å²) < 4.78 is 31.7. The van der Waals surface area contributed by atoms with Crippen LogP contribution < -0.4 is 15.0 Å². The average Bonchev–Trinajstić information content (AvgIpc) is 3.25. The molecule has 4 heterocycles. The molecule has 0 bridgehead atoms. The molecule has 6 radical (unpaired) electrons. The Labute approximate surface area is 220 Å². The highest BCUT2D eigenvalue weighted by molar-refractivity contribution is 6.58. The van der Waals surface area contributed by atoms with E-state index < -0.39 is 11.1 Å². The van der Waals surface area contributed by atoms with Crippen LogP contribution in [-0.4, -0.2) is 81.8 Å². The number of ether oxygens (including phenoxy) is 2. The molecule has 0 aliphatic carbocycles. The molecule has 5 rings (SSSR count). The minimum absolute atomic E-state index is 0.0937. The third-order valence-corrected chi connectivity index (χ3v) is 7.13. The number of rotatable bonds is 6. The van der Waals surface area contributed by atoms with Gasteiger partial charge in [-0.1, -0.05) is 5.16 Å². The summed E-state index contributed by atoms with van der Waals surface area (Å²) in [5.74, 6) is 0.959. The van der Waals surface area contributed by atoms with Crippen molar-refractivity contribution in [2.75, 3.05) is 24.7 Å². The van der Waals surface area contributed by atoms with Crippen LogP contribution >= 0.6 is 0 Å². The van der Waals surface area contributed by atoms with E-state index in [1.54, 1.807) is 13.0 Å². The van der Waals surface area contributed by atoms with E-state index in [4.69, 9.17) is 42.5 Å². The lowest BCUT2D eigenvalue weighted by atomic mass is 9.52. The molecule has 0 saturated carbocycles. The second-order valence-electron chi connectivity index (χ2n) is 10.2. The summed E-state index contributed by atoms with van der Waals surface area (Å²) in [5.41, 5.74) is 1.58. The third-order valence-electron chi connectivity index (χ3n) is 7.13. The lowest BCUT2D eigenvalue weighted by Crippen LogP contribution is -2.51. The normalized spacial score (nSPS) is 21.5. The van der Waals surface area contributed by atoms with Gasteiger partial charge in [-0.15, -0.1) is 0 Å². The van der Waals surface area contributed by atoms with Crippen LogP contribution in [0.2, 0.25) is 0 Å². The number of nitrogens with zero attached hydrogens (tertiary/aromatic N) is 4. The van der Waals surface area contributed by atoms with Crippen molar-refractivity contribution in [1.29, 1.82) is 0 Å². The van der Waals surface area contributed by atoms with E-state index in [0.717, 1.165) is 51.0 Å². The van der Waals surface area contributed by atoms with Crippen LogP contribution in [0.1, 0.15) is 44.0 Å². The average molecular weight is 499 g/mol. The number of nitrogens with one attached hydrogen (secondary N) is 1. The smallest absolute Gasteiger partial charge is 0.261 e. The third kappa shape index (κ3) is 5.65. The number of aromatic nitrogens is 3. The lowest BCUT2D eigenvalue weighted by molar-refractivity contribution is 0.0733. The lowest BCUT2D eigenvalue weighted by Gasteiger charge is -2.41. The first-order valence-electron chi connectivity index (χ1n) is 12.7. The van der Waals surface area contributed by atoms with Crippen molar-refractivity contribution in [2.45, 2.75) is 69.9 Å². The number of fused-ring (bicyclic) bond motifs is 1. The predicted octanol–water partition coefficient (Wildman–Crippen LogP) is 2.66. The molecular formula is C25H29B3FN5O3. The van der Waals surface area contributed by atoms with Gasteiger partial charge in [-0.05, 0) is 63.4 Å². The zero-order valence-electron chi connectivity index (χ0n) is 21.5. The van der Waals surface area contributed by atoms with Gasteiger partial charge in [-0.3, -0.25) is 0 Å². The largest absolute Gasteiger partial charge is 0.516 e. The summed E-state index contributed by atoms with van der Waals surface area (Å²) in [6, 6.07) is 3.83. The van der Waals surface area contributed by atoms with Gasteiger partial charge in [0.05, 0.1) is 5.56 Å². The van der Waals surface area contributed by atoms with E-state index in [1.807, 2.05) is 6.92 Å². The topological polar surface area (TPSA) is 85.5 Å². The molecule has 2 saturated heterocycles. The number of hydrogen-bond acceptors (Lipinski definition) is 8. The molecule has 0 amide bonds. The number of halogens is 1. The van der Waals surface area contributed by atoms with Gasteiger partial charge in [0.2, 0.25) is 0 Å². The Morgan fingerprint density at radius 3 is 2.51 bits per heavy atom. The molecule has 1 aromatic carbocycles. The summed E-state index contributed by atoms with van der Waals surface area (Å²) in [4.78, 5) is 11.5. The molecule has 0 unspecified atom stereocenters. The van der Waals surface area contributed by atoms with Crippen LogP contribution in [0.15, 0.2) is 16.7 Å². The van der Waals surface area contributed by atoms with E-state index in [2.05, 4.69) is 27.3 Å². The van der Waals surface area contributed by atoms with Crippen molar-refractivity contribution in [3.8, 4) is 17.2 Å². The van der Waals surface area contributed by atoms with Gasteiger partial charge < -0.3 is 24.2 Å². The van der Waals surface area contributed by atoms with Crippen LogP contribution in [0, 0.1) is 19.7 Å². The minimum Gasteiger partial charge on any atom is -0.516 e. The fourth-order valence-electron chi connectivity index (χ4n) is 5.40. The van der Waals surface area contributed by atoms with E-state index in [-0.39, 0.29) is 17.3 Å². The highest BCUT2D eigenvalue weighted by Crippen LogP contribution is 2.40. The number of anilines is 1. The van der Waals surface area contributed by atoms with Gasteiger partial charge in [0, 0.05) is 49.3 Å². The molecule has 1 N–H and O–H groups in total. The van der Waals surface area contributed by atoms with Crippen molar-refractivity contribution >= 4 is 40.3 Å². The molecule has 0 spiro atoms. The second-order valence-corrected chi connectivity index (χ2v) is 10.2. The van der Waals surface area contributed by atoms with Gasteiger partial charge >= 0.3 is 0 Å². The number of hydrogen-bond donors (Lipinski definition) is 1. The van der Waals surface area contributed by atoms with Crippen molar-refractivity contribution in [3.63, 3.8) is 0 Å². The molecule has 2 aromatic heterocycles. The van der Waals surface area contributed by atoms with Gasteiger partial charge in [0.15, 0.2) is 11.6 Å². The summed E-state index contributed by atoms with van der Waals surface area (Å²) in [6.45, 7) is 8.15. The van der Waals surface area contributed by atoms with Crippen molar-refractivity contribution in [2.24, 2.45) is 0 Å². The van der Waals surface area contributed by atoms with Gasteiger partial charge in [-0.2, -0.15) is 4.98 Å². The highest BCUT2D eigenvalue weighted by Gasteiger charge is 2.32. The van der Waals surface area contributed by atoms with Crippen LogP contribution in [0.3, 0.4) is 0 Å². The van der Waals surface area contributed by atoms with Crippen LogP contribution in [0.5, 0.6) is 5.75 Å². The molecule has 2 fully saturated rings. The SMILES string of the molecule is [B]C([B])([B])Oc1cc(F)c2nc(N3CC[C@@H](NC4CCOCC4)C[C@H]3C)c(-c3nc(C)no3)c(C)c2c1. The molecule has 2 aliphatic heterocycles. The zero-order chi connectivity index (χ0) is 26.3. The standard InChI is InChI=1S/C25H29B3FN5O3/c1-13-10-17(31-16-5-8-35-9-6-16)4-7-34(13)23-21(24-30-15(3)33-37-24)14(2)19-11-18(36-25(26,27)28)12-20(29)22(19)32-23/h11-13,16-17,31H,4-10H2,1-3H3/t13-,17-/m1/s1. The maximum absolute atomic E-state index is 15.4. The monoisotopic (exact) mass is 499 g/mol. The summed E-state index contributed by atoms with van der Waals surface area (Å²) in [5, 5.41) is 6.35. The van der Waals surface area contributed by atoms with Gasteiger partial charge in [-0.25, -0.2) is 9.37 Å². The van der Waals surface area contributed by atoms with Crippen LogP contribution in [-0.2, 0) is 4.74 Å². The maximum Gasteiger partial charge on any atom is 0.261 e. The van der Waals surface area contributed by atoms with Crippen molar-refractivity contribution in [3.05, 3.63) is 29.3 Å². The fourth-order valence-corrected chi connectivity index (χ4v) is 5.40. The Morgan fingerprint density at radius 2 is 1.86 bits per heavy atom. The molecule has 37 heavy (non-hydrogen) atoms. The number of pyridine rings is 1. The van der Waals surface area contributed by atoms with E-state index >= 15 is 4.39 Å². The molecular weight excluding hydrogens is 470 g/mol. The Balaban J connectivity index is 1.53. The Morgan fingerprint density at radius 1 is 1.11 bits per heavy atom. The first kappa shape index (κ1) is 26.0. The van der Waals surface area contributed by atoms with Crippen molar-refractivity contribution < 1.29 is 18.4 Å². The Kier molecular flexibility index (Phi) is 7.24. The van der Waals surface area contributed by atoms with E-state index in [1.165, 1.54) is 6.07 Å². The predicted molar refractivity (Wildman–Crippen MR) is 142 cm³/mol. The Hall–Kier alpha value is -2.59. The number of aryl methyl sites for hydroxylation is 2. The number of piperidine rings is 1. The van der Waals surface area contributed by atoms with Crippen molar-refractivity contribution in [1.82, 2.24) is 20.4 Å². The van der Waals surface area contributed by atoms with Crippen LogP contribution in [0.4, 0.5) is 10.2 Å². The molecule has 3 aromatic rings.